The molecule has 0 aliphatic carbocycles. The molecule has 0 radical (unpaired) electrons. The molecule has 0 fully saturated rings. The molecule has 0 rings (SSSR count). The van der Waals surface area contributed by atoms with Gasteiger partial charge in [-0.3, -0.25) is 9.59 Å². The second-order valence-corrected chi connectivity index (χ2v) is 26.7. The summed E-state index contributed by atoms with van der Waals surface area (Å²) in [5.74, 6) is -0.0401. The number of unbranched alkanes of at least 4 members (excludes halogenated alkanes) is 62. The van der Waals surface area contributed by atoms with Gasteiger partial charge in [0.2, 0.25) is 5.91 Å². The fourth-order valence-corrected chi connectivity index (χ4v) is 12.5. The third kappa shape index (κ3) is 69.6. The van der Waals surface area contributed by atoms with Gasteiger partial charge in [-0.25, -0.2) is 0 Å². The average Bonchev–Trinajstić information content (AvgIpc) is 3.49. The minimum Gasteiger partial charge on any atom is -0.466 e. The van der Waals surface area contributed by atoms with Crippen molar-refractivity contribution in [3.8, 4) is 0 Å². The third-order valence-corrected chi connectivity index (χ3v) is 18.3. The number of hydrogen-bond acceptors (Lipinski definition) is 5. The van der Waals surface area contributed by atoms with Gasteiger partial charge in [-0.15, -0.1) is 0 Å². The van der Waals surface area contributed by atoms with E-state index < -0.39 is 12.1 Å². The van der Waals surface area contributed by atoms with Crippen LogP contribution in [0.2, 0.25) is 0 Å². The van der Waals surface area contributed by atoms with Crippen molar-refractivity contribution in [1.82, 2.24) is 5.32 Å². The lowest BCUT2D eigenvalue weighted by Gasteiger charge is -2.20. The molecule has 6 nitrogen and oxygen atoms in total. The topological polar surface area (TPSA) is 95.9 Å². The first-order valence-electron chi connectivity index (χ1n) is 38.5. The van der Waals surface area contributed by atoms with E-state index in [4.69, 9.17) is 4.74 Å². The van der Waals surface area contributed by atoms with E-state index in [0.717, 1.165) is 38.5 Å². The smallest absolute Gasteiger partial charge is 0.305 e. The molecule has 0 aromatic heterocycles. The molecule has 0 aromatic rings. The lowest BCUT2D eigenvalue weighted by Crippen LogP contribution is -2.45. The molecule has 0 spiro atoms. The van der Waals surface area contributed by atoms with E-state index in [0.29, 0.717) is 19.4 Å². The Balaban J connectivity index is 3.37. The summed E-state index contributed by atoms with van der Waals surface area (Å²) in [6, 6.07) is -0.628. The lowest BCUT2D eigenvalue weighted by atomic mass is 10.0. The minimum atomic E-state index is -0.845. The first kappa shape index (κ1) is 81.6. The molecule has 0 saturated heterocycles. The fraction of sp³-hybridized carbons (Fsp3) is 0.948. The van der Waals surface area contributed by atoms with Crippen LogP contribution in [0.25, 0.3) is 0 Å². The molecular weight excluding hydrogens is 1020 g/mol. The number of rotatable bonds is 73. The molecule has 0 aromatic carbocycles. The van der Waals surface area contributed by atoms with Gasteiger partial charge < -0.3 is 20.3 Å². The summed E-state index contributed by atoms with van der Waals surface area (Å²) in [5.41, 5.74) is 0. The fourth-order valence-electron chi connectivity index (χ4n) is 12.5. The molecule has 0 bridgehead atoms. The van der Waals surface area contributed by atoms with Gasteiger partial charge in [0.15, 0.2) is 0 Å². The van der Waals surface area contributed by atoms with Gasteiger partial charge in [0.25, 0.3) is 0 Å². The normalized spacial score (nSPS) is 12.5. The van der Waals surface area contributed by atoms with Crippen LogP contribution in [0.1, 0.15) is 444 Å². The van der Waals surface area contributed by atoms with E-state index in [1.165, 1.54) is 379 Å². The highest BCUT2D eigenvalue weighted by Gasteiger charge is 2.18. The maximum Gasteiger partial charge on any atom is 0.305 e. The van der Waals surface area contributed by atoms with Gasteiger partial charge in [-0.1, -0.05) is 411 Å². The zero-order chi connectivity index (χ0) is 59.9. The molecule has 83 heavy (non-hydrogen) atoms. The summed E-state index contributed by atoms with van der Waals surface area (Å²) in [4.78, 5) is 24.7. The number of ether oxygens (including phenoxy) is 1. The summed E-state index contributed by atoms with van der Waals surface area (Å²) >= 11 is 0. The predicted molar refractivity (Wildman–Crippen MR) is 366 cm³/mol. The van der Waals surface area contributed by atoms with Gasteiger partial charge in [0, 0.05) is 12.8 Å². The van der Waals surface area contributed by atoms with E-state index in [9.17, 15) is 19.8 Å². The predicted octanol–water partition coefficient (Wildman–Crippen LogP) is 25.1. The summed E-state index contributed by atoms with van der Waals surface area (Å²) < 4.78 is 5.52. The van der Waals surface area contributed by atoms with Crippen molar-refractivity contribution >= 4 is 11.9 Å². The van der Waals surface area contributed by atoms with Crippen molar-refractivity contribution in [3.05, 3.63) is 12.2 Å². The zero-order valence-corrected chi connectivity index (χ0v) is 56.7. The van der Waals surface area contributed by atoms with Crippen molar-refractivity contribution in [2.24, 2.45) is 0 Å². The lowest BCUT2D eigenvalue weighted by molar-refractivity contribution is -0.143. The molecule has 0 aliphatic rings. The van der Waals surface area contributed by atoms with Gasteiger partial charge in [-0.05, 0) is 32.1 Å². The van der Waals surface area contributed by atoms with Crippen LogP contribution in [-0.4, -0.2) is 47.4 Å². The molecule has 494 valence electrons. The highest BCUT2D eigenvalue weighted by atomic mass is 16.5. The van der Waals surface area contributed by atoms with Crippen molar-refractivity contribution in [1.29, 1.82) is 0 Å². The van der Waals surface area contributed by atoms with Crippen LogP contribution in [0.4, 0.5) is 0 Å². The molecule has 3 N–H and O–H groups in total. The first-order chi connectivity index (χ1) is 41.0. The highest BCUT2D eigenvalue weighted by Crippen LogP contribution is 2.20. The molecule has 6 heteroatoms. The third-order valence-electron chi connectivity index (χ3n) is 18.3. The number of amides is 1. The highest BCUT2D eigenvalue weighted by molar-refractivity contribution is 5.76. The number of aliphatic hydroxyl groups excluding tert-OH is 2. The van der Waals surface area contributed by atoms with E-state index >= 15 is 0 Å². The zero-order valence-electron chi connectivity index (χ0n) is 56.7. The standard InChI is InChI=1S/C77H151NO5/c1-3-5-7-9-11-13-15-17-19-21-23-24-27-30-34-37-41-45-49-53-57-61-65-69-75(80)74(73-79)78-76(81)70-66-62-58-54-50-46-42-38-35-31-28-25-26-29-32-36-40-44-48-52-56-60-64-68-72-83-77(82)71-67-63-59-55-51-47-43-39-33-22-20-18-16-14-12-10-8-6-4-2/h65,69,74-75,79-80H,3-64,66-68,70-73H2,1-2H3,(H,78,81)/b69-65+. The second-order valence-electron chi connectivity index (χ2n) is 26.7. The Morgan fingerprint density at radius 3 is 0.819 bits per heavy atom. The first-order valence-corrected chi connectivity index (χ1v) is 38.5. The maximum absolute atomic E-state index is 12.5. The number of carbonyl (C=O) groups is 2. The second kappa shape index (κ2) is 73.1. The minimum absolute atomic E-state index is 0.0212. The largest absolute Gasteiger partial charge is 0.466 e. The Morgan fingerprint density at radius 2 is 0.554 bits per heavy atom. The maximum atomic E-state index is 12.5. The van der Waals surface area contributed by atoms with E-state index in [-0.39, 0.29) is 18.5 Å². The van der Waals surface area contributed by atoms with Crippen LogP contribution < -0.4 is 5.32 Å². The number of aliphatic hydroxyl groups is 2. The molecular formula is C77H151NO5. The Bertz CT molecular complexity index is 1260. The SMILES string of the molecule is CCCCCCCCCCCCCCCCCCCCCCC/C=C/C(O)C(CO)NC(=O)CCCCCCCCCCCCCCCCCCCCCCCCCCOC(=O)CCCCCCCCCCCCCCCCCCCCC. The van der Waals surface area contributed by atoms with E-state index in [1.54, 1.807) is 6.08 Å². The molecule has 0 aliphatic heterocycles. The van der Waals surface area contributed by atoms with Gasteiger partial charge in [0.1, 0.15) is 0 Å². The van der Waals surface area contributed by atoms with Crippen LogP contribution in [0, 0.1) is 0 Å². The van der Waals surface area contributed by atoms with Crippen molar-refractivity contribution in [2.75, 3.05) is 13.2 Å². The van der Waals surface area contributed by atoms with Gasteiger partial charge in [0.05, 0.1) is 25.4 Å². The molecule has 0 heterocycles. The Kier molecular flexibility index (Phi) is 71.8. The van der Waals surface area contributed by atoms with E-state index in [2.05, 4.69) is 19.2 Å². The monoisotopic (exact) mass is 1170 g/mol. The Hall–Kier alpha value is -1.40. The Labute approximate surface area is 520 Å². The summed E-state index contributed by atoms with van der Waals surface area (Å²) in [7, 11) is 0. The van der Waals surface area contributed by atoms with Crippen LogP contribution in [-0.2, 0) is 14.3 Å². The molecule has 1 amide bonds. The van der Waals surface area contributed by atoms with Gasteiger partial charge in [-0.2, -0.15) is 0 Å². The van der Waals surface area contributed by atoms with Crippen LogP contribution in [0.15, 0.2) is 12.2 Å². The van der Waals surface area contributed by atoms with Crippen molar-refractivity contribution in [3.63, 3.8) is 0 Å². The summed E-state index contributed by atoms with van der Waals surface area (Å²) in [6.07, 6.45) is 91.7. The number of hydrogen-bond donors (Lipinski definition) is 3. The van der Waals surface area contributed by atoms with Crippen LogP contribution >= 0.6 is 0 Å². The number of esters is 1. The van der Waals surface area contributed by atoms with Crippen LogP contribution in [0.3, 0.4) is 0 Å². The van der Waals surface area contributed by atoms with Crippen molar-refractivity contribution in [2.45, 2.75) is 456 Å². The Morgan fingerprint density at radius 1 is 0.325 bits per heavy atom. The van der Waals surface area contributed by atoms with Crippen molar-refractivity contribution < 1.29 is 24.5 Å². The van der Waals surface area contributed by atoms with E-state index in [1.807, 2.05) is 6.08 Å². The average molecular weight is 1170 g/mol. The van der Waals surface area contributed by atoms with Crippen LogP contribution in [0.5, 0.6) is 0 Å². The molecule has 2 atom stereocenters. The quantitative estimate of drug-likeness (QED) is 0.0320. The molecule has 2 unspecified atom stereocenters. The summed E-state index contributed by atoms with van der Waals surface area (Å²) in [6.45, 7) is 4.96. The summed E-state index contributed by atoms with van der Waals surface area (Å²) in [5, 5.41) is 23.3. The molecule has 0 saturated carbocycles. The number of nitrogens with one attached hydrogen (secondary N) is 1. The number of allylic oxidation sites excluding steroid dienone is 1. The number of carbonyl (C=O) groups excluding carboxylic acids is 2. The van der Waals surface area contributed by atoms with Gasteiger partial charge >= 0.3 is 5.97 Å².